The molecular formula is C12H17NO3. The topological polar surface area (TPSA) is 39.7 Å². The average molecular weight is 223 g/mol. The Morgan fingerprint density at radius 2 is 2.19 bits per heavy atom. The Morgan fingerprint density at radius 1 is 1.31 bits per heavy atom. The van der Waals surface area contributed by atoms with Crippen LogP contribution in [0.1, 0.15) is 11.7 Å². The lowest BCUT2D eigenvalue weighted by molar-refractivity contribution is 0.0260. The van der Waals surface area contributed by atoms with Crippen LogP contribution in [0.25, 0.3) is 0 Å². The maximum Gasteiger partial charge on any atom is 0.166 e. The van der Waals surface area contributed by atoms with Crippen molar-refractivity contribution in [2.45, 2.75) is 6.10 Å². The van der Waals surface area contributed by atoms with Gasteiger partial charge in [0.15, 0.2) is 11.5 Å². The zero-order valence-corrected chi connectivity index (χ0v) is 9.66. The summed E-state index contributed by atoms with van der Waals surface area (Å²) in [4.78, 5) is 0. The van der Waals surface area contributed by atoms with Crippen molar-refractivity contribution in [3.63, 3.8) is 0 Å². The Balaban J connectivity index is 2.30. The summed E-state index contributed by atoms with van der Waals surface area (Å²) in [5.74, 6) is 1.51. The van der Waals surface area contributed by atoms with Crippen molar-refractivity contribution in [3.05, 3.63) is 23.8 Å². The quantitative estimate of drug-likeness (QED) is 0.840. The molecule has 1 aromatic rings. The summed E-state index contributed by atoms with van der Waals surface area (Å²) in [5, 5.41) is 3.30. The molecule has 1 heterocycles. The second-order valence-electron chi connectivity index (χ2n) is 3.65. The first-order valence-corrected chi connectivity index (χ1v) is 5.40. The molecule has 4 heteroatoms. The fourth-order valence-corrected chi connectivity index (χ4v) is 1.93. The van der Waals surface area contributed by atoms with E-state index in [-0.39, 0.29) is 6.10 Å². The zero-order chi connectivity index (χ0) is 11.4. The van der Waals surface area contributed by atoms with Crippen LogP contribution in [0.2, 0.25) is 0 Å². The van der Waals surface area contributed by atoms with Crippen LogP contribution >= 0.6 is 0 Å². The second kappa shape index (κ2) is 5.18. The number of para-hydroxylation sites is 1. The van der Waals surface area contributed by atoms with E-state index in [2.05, 4.69) is 5.32 Å². The highest BCUT2D eigenvalue weighted by atomic mass is 16.5. The Bertz CT molecular complexity index is 348. The molecule has 1 fully saturated rings. The fraction of sp³-hybridized carbons (Fsp3) is 0.500. The van der Waals surface area contributed by atoms with Gasteiger partial charge in [0.1, 0.15) is 0 Å². The molecule has 1 aromatic carbocycles. The van der Waals surface area contributed by atoms with Crippen molar-refractivity contribution >= 4 is 0 Å². The lowest BCUT2D eigenvalue weighted by Crippen LogP contribution is -2.33. The minimum atomic E-state index is 0.0406. The van der Waals surface area contributed by atoms with Crippen LogP contribution in [-0.4, -0.2) is 33.9 Å². The van der Waals surface area contributed by atoms with E-state index in [1.165, 1.54) is 0 Å². The maximum atomic E-state index is 5.71. The Labute approximate surface area is 95.5 Å². The Kier molecular flexibility index (Phi) is 3.64. The SMILES string of the molecule is COc1cccc(C2CNCCO2)c1OC. The summed E-state index contributed by atoms with van der Waals surface area (Å²) in [7, 11) is 3.29. The minimum Gasteiger partial charge on any atom is -0.493 e. The summed E-state index contributed by atoms with van der Waals surface area (Å²) >= 11 is 0. The standard InChI is InChI=1S/C12H17NO3/c1-14-10-5-3-4-9(12(10)15-2)11-8-13-6-7-16-11/h3-5,11,13H,6-8H2,1-2H3. The Hall–Kier alpha value is -1.26. The highest BCUT2D eigenvalue weighted by Crippen LogP contribution is 2.36. The molecule has 0 bridgehead atoms. The van der Waals surface area contributed by atoms with Gasteiger partial charge in [-0.3, -0.25) is 0 Å². The number of nitrogens with one attached hydrogen (secondary N) is 1. The third kappa shape index (κ3) is 2.13. The van der Waals surface area contributed by atoms with Gasteiger partial charge in [-0.1, -0.05) is 12.1 Å². The Morgan fingerprint density at radius 3 is 2.81 bits per heavy atom. The number of hydrogen-bond acceptors (Lipinski definition) is 4. The molecule has 0 saturated carbocycles. The number of morpholine rings is 1. The van der Waals surface area contributed by atoms with Crippen LogP contribution in [0.4, 0.5) is 0 Å². The van der Waals surface area contributed by atoms with Gasteiger partial charge in [-0.05, 0) is 6.07 Å². The summed E-state index contributed by atoms with van der Waals surface area (Å²) in [6.07, 6.45) is 0.0406. The lowest BCUT2D eigenvalue weighted by atomic mass is 10.1. The molecular weight excluding hydrogens is 206 g/mol. The van der Waals surface area contributed by atoms with Gasteiger partial charge in [0.2, 0.25) is 0 Å². The predicted molar refractivity (Wildman–Crippen MR) is 61.1 cm³/mol. The van der Waals surface area contributed by atoms with Crippen LogP contribution in [0.5, 0.6) is 11.5 Å². The van der Waals surface area contributed by atoms with Crippen molar-refractivity contribution < 1.29 is 14.2 Å². The van der Waals surface area contributed by atoms with Crippen molar-refractivity contribution in [2.24, 2.45) is 0 Å². The van der Waals surface area contributed by atoms with Gasteiger partial charge < -0.3 is 19.5 Å². The fourth-order valence-electron chi connectivity index (χ4n) is 1.93. The number of ether oxygens (including phenoxy) is 3. The third-order valence-electron chi connectivity index (χ3n) is 2.71. The summed E-state index contributed by atoms with van der Waals surface area (Å²) in [6.45, 7) is 2.44. The van der Waals surface area contributed by atoms with E-state index in [1.807, 2.05) is 18.2 Å². The van der Waals surface area contributed by atoms with Crippen LogP contribution in [0, 0.1) is 0 Å². The molecule has 16 heavy (non-hydrogen) atoms. The largest absolute Gasteiger partial charge is 0.493 e. The van der Waals surface area contributed by atoms with Gasteiger partial charge in [-0.25, -0.2) is 0 Å². The molecule has 2 rings (SSSR count). The monoisotopic (exact) mass is 223 g/mol. The zero-order valence-electron chi connectivity index (χ0n) is 9.66. The van der Waals surface area contributed by atoms with Gasteiger partial charge >= 0.3 is 0 Å². The number of rotatable bonds is 3. The molecule has 0 aromatic heterocycles. The van der Waals surface area contributed by atoms with Crippen LogP contribution < -0.4 is 14.8 Å². The first-order chi connectivity index (χ1) is 7.86. The summed E-state index contributed by atoms with van der Waals surface area (Å²) in [6, 6.07) is 5.85. The number of benzene rings is 1. The van der Waals surface area contributed by atoms with E-state index in [0.29, 0.717) is 0 Å². The lowest BCUT2D eigenvalue weighted by Gasteiger charge is -2.25. The molecule has 1 unspecified atom stereocenters. The van der Waals surface area contributed by atoms with Gasteiger partial charge in [0.05, 0.1) is 26.9 Å². The molecule has 88 valence electrons. The van der Waals surface area contributed by atoms with Crippen LogP contribution in [0.15, 0.2) is 18.2 Å². The maximum absolute atomic E-state index is 5.71. The normalized spacial score (nSPS) is 20.5. The van der Waals surface area contributed by atoms with E-state index in [9.17, 15) is 0 Å². The molecule has 0 amide bonds. The minimum absolute atomic E-state index is 0.0406. The first-order valence-electron chi connectivity index (χ1n) is 5.40. The van der Waals surface area contributed by atoms with E-state index in [1.54, 1.807) is 14.2 Å². The highest BCUT2D eigenvalue weighted by Gasteiger charge is 2.21. The van der Waals surface area contributed by atoms with Crippen LogP contribution in [-0.2, 0) is 4.74 Å². The van der Waals surface area contributed by atoms with Crippen LogP contribution in [0.3, 0.4) is 0 Å². The molecule has 1 atom stereocenters. The summed E-state index contributed by atoms with van der Waals surface area (Å²) in [5.41, 5.74) is 1.04. The molecule has 0 spiro atoms. The highest BCUT2D eigenvalue weighted by molar-refractivity contribution is 5.47. The second-order valence-corrected chi connectivity index (χ2v) is 3.65. The molecule has 1 aliphatic heterocycles. The number of methoxy groups -OCH3 is 2. The molecule has 1 N–H and O–H groups in total. The summed E-state index contributed by atoms with van der Waals surface area (Å²) < 4.78 is 16.4. The number of hydrogen-bond donors (Lipinski definition) is 1. The van der Waals surface area contributed by atoms with E-state index in [0.717, 1.165) is 36.8 Å². The predicted octanol–water partition coefficient (Wildman–Crippen LogP) is 1.36. The van der Waals surface area contributed by atoms with Gasteiger partial charge in [-0.15, -0.1) is 0 Å². The molecule has 1 aliphatic rings. The van der Waals surface area contributed by atoms with Crippen molar-refractivity contribution in [1.29, 1.82) is 0 Å². The van der Waals surface area contributed by atoms with Gasteiger partial charge in [0, 0.05) is 18.7 Å². The van der Waals surface area contributed by atoms with E-state index < -0.39 is 0 Å². The smallest absolute Gasteiger partial charge is 0.166 e. The molecule has 4 nitrogen and oxygen atoms in total. The average Bonchev–Trinajstić information content (AvgIpc) is 2.38. The molecule has 0 aliphatic carbocycles. The molecule has 0 radical (unpaired) electrons. The van der Waals surface area contributed by atoms with E-state index in [4.69, 9.17) is 14.2 Å². The van der Waals surface area contributed by atoms with Crippen molar-refractivity contribution in [1.82, 2.24) is 5.32 Å². The third-order valence-corrected chi connectivity index (χ3v) is 2.71. The van der Waals surface area contributed by atoms with E-state index >= 15 is 0 Å². The van der Waals surface area contributed by atoms with Crippen molar-refractivity contribution in [3.8, 4) is 11.5 Å². The van der Waals surface area contributed by atoms with Crippen molar-refractivity contribution in [2.75, 3.05) is 33.9 Å². The van der Waals surface area contributed by atoms with Gasteiger partial charge in [0.25, 0.3) is 0 Å². The van der Waals surface area contributed by atoms with Gasteiger partial charge in [-0.2, -0.15) is 0 Å². The molecule has 1 saturated heterocycles. The first kappa shape index (κ1) is 11.2.